The molecule has 0 spiro atoms. The van der Waals surface area contributed by atoms with Crippen LogP contribution in [0.25, 0.3) is 16.6 Å². The smallest absolute Gasteiger partial charge is 0.253 e. The Morgan fingerprint density at radius 3 is 2.86 bits per heavy atom. The lowest BCUT2D eigenvalue weighted by Gasteiger charge is -2.31. The molecule has 1 aliphatic carbocycles. The second-order valence-electron chi connectivity index (χ2n) is 8.34. The van der Waals surface area contributed by atoms with Crippen LogP contribution in [0.1, 0.15) is 28.8 Å². The SMILES string of the molecule is CNC(=O)c1cccc2cn(-c3ccc(C45CCNCC4(COC)C5)cc3)nc12. The minimum atomic E-state index is -0.121. The summed E-state index contributed by atoms with van der Waals surface area (Å²) in [7, 11) is 3.43. The van der Waals surface area contributed by atoms with Crippen LogP contribution in [-0.2, 0) is 10.2 Å². The molecule has 1 aliphatic heterocycles. The van der Waals surface area contributed by atoms with Crippen LogP contribution in [-0.4, -0.2) is 49.5 Å². The van der Waals surface area contributed by atoms with Crippen LogP contribution in [0, 0.1) is 5.41 Å². The van der Waals surface area contributed by atoms with E-state index < -0.39 is 0 Å². The van der Waals surface area contributed by atoms with Gasteiger partial charge in [0.15, 0.2) is 0 Å². The number of nitrogens with zero attached hydrogens (tertiary/aromatic N) is 2. The molecule has 29 heavy (non-hydrogen) atoms. The molecule has 0 radical (unpaired) electrons. The predicted octanol–water partition coefficient (Wildman–Crippen LogP) is 2.65. The van der Waals surface area contributed by atoms with Crippen molar-refractivity contribution >= 4 is 16.8 Å². The van der Waals surface area contributed by atoms with E-state index in [9.17, 15) is 4.79 Å². The molecule has 5 rings (SSSR count). The molecule has 1 amide bonds. The van der Waals surface area contributed by atoms with Gasteiger partial charge in [0.05, 0.1) is 17.9 Å². The number of aromatic nitrogens is 2. The largest absolute Gasteiger partial charge is 0.384 e. The first-order chi connectivity index (χ1) is 14.1. The molecule has 2 atom stereocenters. The van der Waals surface area contributed by atoms with Crippen molar-refractivity contribution in [3.8, 4) is 5.69 Å². The summed E-state index contributed by atoms with van der Waals surface area (Å²) < 4.78 is 7.41. The van der Waals surface area contributed by atoms with Gasteiger partial charge in [-0.1, -0.05) is 24.3 Å². The van der Waals surface area contributed by atoms with Gasteiger partial charge >= 0.3 is 0 Å². The fraction of sp³-hybridized carbons (Fsp3) is 0.391. The fourth-order valence-electron chi connectivity index (χ4n) is 5.25. The number of nitrogens with one attached hydrogen (secondary N) is 2. The second kappa shape index (κ2) is 6.68. The van der Waals surface area contributed by atoms with Gasteiger partial charge in [0.25, 0.3) is 5.91 Å². The molecule has 2 unspecified atom stereocenters. The van der Waals surface area contributed by atoms with Crippen LogP contribution in [0.5, 0.6) is 0 Å². The van der Waals surface area contributed by atoms with Crippen molar-refractivity contribution in [3.63, 3.8) is 0 Å². The summed E-state index contributed by atoms with van der Waals surface area (Å²) >= 11 is 0. The third-order valence-corrected chi connectivity index (χ3v) is 6.84. The van der Waals surface area contributed by atoms with Gasteiger partial charge < -0.3 is 15.4 Å². The summed E-state index contributed by atoms with van der Waals surface area (Å²) in [4.78, 5) is 12.1. The Hall–Kier alpha value is -2.70. The highest BCUT2D eigenvalue weighted by Crippen LogP contribution is 2.67. The zero-order valence-corrected chi connectivity index (χ0v) is 16.9. The minimum Gasteiger partial charge on any atom is -0.384 e. The van der Waals surface area contributed by atoms with E-state index in [0.717, 1.165) is 37.2 Å². The monoisotopic (exact) mass is 390 g/mol. The van der Waals surface area contributed by atoms with Crippen molar-refractivity contribution in [2.24, 2.45) is 5.41 Å². The normalized spacial score (nSPS) is 25.6. The zero-order chi connectivity index (χ0) is 20.1. The Morgan fingerprint density at radius 2 is 2.10 bits per heavy atom. The van der Waals surface area contributed by atoms with Crippen LogP contribution < -0.4 is 10.6 Å². The number of fused-ring (bicyclic) bond motifs is 2. The van der Waals surface area contributed by atoms with Gasteiger partial charge in [0.1, 0.15) is 5.52 Å². The average molecular weight is 390 g/mol. The molecular weight excluding hydrogens is 364 g/mol. The highest BCUT2D eigenvalue weighted by atomic mass is 16.5. The Bertz CT molecular complexity index is 1070. The second-order valence-corrected chi connectivity index (χ2v) is 8.34. The molecule has 1 aromatic heterocycles. The molecule has 2 heterocycles. The van der Waals surface area contributed by atoms with Gasteiger partial charge in [0, 0.05) is 43.1 Å². The van der Waals surface area contributed by atoms with E-state index >= 15 is 0 Å². The molecule has 2 aliphatic rings. The summed E-state index contributed by atoms with van der Waals surface area (Å²) in [5.41, 5.74) is 4.15. The van der Waals surface area contributed by atoms with Crippen LogP contribution in [0.2, 0.25) is 0 Å². The van der Waals surface area contributed by atoms with Crippen LogP contribution >= 0.6 is 0 Å². The van der Waals surface area contributed by atoms with Crippen LogP contribution in [0.3, 0.4) is 0 Å². The Morgan fingerprint density at radius 1 is 1.28 bits per heavy atom. The van der Waals surface area contributed by atoms with Crippen molar-refractivity contribution in [1.82, 2.24) is 20.4 Å². The van der Waals surface area contributed by atoms with E-state index in [1.807, 2.05) is 23.0 Å². The average Bonchev–Trinajstić information content (AvgIpc) is 3.24. The summed E-state index contributed by atoms with van der Waals surface area (Å²) in [6.07, 6.45) is 4.31. The number of methoxy groups -OCH3 is 1. The quantitative estimate of drug-likeness (QED) is 0.703. The molecule has 6 heteroatoms. The third-order valence-electron chi connectivity index (χ3n) is 6.84. The molecule has 1 saturated carbocycles. The summed E-state index contributed by atoms with van der Waals surface area (Å²) in [5, 5.41) is 11.9. The van der Waals surface area contributed by atoms with Crippen molar-refractivity contribution in [2.75, 3.05) is 33.9 Å². The van der Waals surface area contributed by atoms with Crippen LogP contribution in [0.4, 0.5) is 0 Å². The number of piperidine rings is 1. The molecule has 2 N–H and O–H groups in total. The molecule has 1 saturated heterocycles. The first-order valence-corrected chi connectivity index (χ1v) is 10.1. The Balaban J connectivity index is 1.48. The minimum absolute atomic E-state index is 0.121. The van der Waals surface area contributed by atoms with E-state index in [1.54, 1.807) is 20.2 Å². The van der Waals surface area contributed by atoms with E-state index in [0.29, 0.717) is 11.1 Å². The van der Waals surface area contributed by atoms with E-state index in [-0.39, 0.29) is 16.7 Å². The van der Waals surface area contributed by atoms with E-state index in [4.69, 9.17) is 9.84 Å². The van der Waals surface area contributed by atoms with Crippen LogP contribution in [0.15, 0.2) is 48.7 Å². The van der Waals surface area contributed by atoms with Crippen molar-refractivity contribution in [1.29, 1.82) is 0 Å². The lowest BCUT2D eigenvalue weighted by Crippen LogP contribution is -2.40. The first kappa shape index (κ1) is 18.3. The van der Waals surface area contributed by atoms with Gasteiger partial charge in [-0.05, 0) is 43.1 Å². The lowest BCUT2D eigenvalue weighted by atomic mass is 9.81. The van der Waals surface area contributed by atoms with Gasteiger partial charge in [-0.3, -0.25) is 4.79 Å². The summed E-state index contributed by atoms with van der Waals surface area (Å²) in [5.74, 6) is -0.121. The van der Waals surface area contributed by atoms with Gasteiger partial charge in [0.2, 0.25) is 0 Å². The van der Waals surface area contributed by atoms with Gasteiger partial charge in [-0.15, -0.1) is 0 Å². The number of ether oxygens (including phenoxy) is 1. The van der Waals surface area contributed by atoms with Crippen molar-refractivity contribution in [2.45, 2.75) is 18.3 Å². The number of hydrogen-bond donors (Lipinski definition) is 2. The molecule has 0 bridgehead atoms. The standard InChI is InChI=1S/C23H26N4O2/c1-24-21(28)19-5-3-4-16-12-27(26-20(16)19)18-8-6-17(7-9-18)23-10-11-25-14-22(23,13-23)15-29-2/h3-9,12,25H,10-11,13-15H2,1-2H3,(H,24,28). The number of rotatable bonds is 5. The number of carbonyl (C=O) groups excluding carboxylic acids is 1. The maximum atomic E-state index is 12.1. The molecule has 6 nitrogen and oxygen atoms in total. The molecule has 2 aromatic carbocycles. The molecule has 2 fully saturated rings. The van der Waals surface area contributed by atoms with E-state index in [1.165, 1.54) is 12.0 Å². The van der Waals surface area contributed by atoms with Gasteiger partial charge in [-0.2, -0.15) is 5.10 Å². The highest BCUT2D eigenvalue weighted by Gasteiger charge is 2.68. The highest BCUT2D eigenvalue weighted by molar-refractivity contribution is 6.05. The van der Waals surface area contributed by atoms with E-state index in [2.05, 4.69) is 34.9 Å². The van der Waals surface area contributed by atoms with Gasteiger partial charge in [-0.25, -0.2) is 4.68 Å². The number of benzene rings is 2. The zero-order valence-electron chi connectivity index (χ0n) is 16.9. The first-order valence-electron chi connectivity index (χ1n) is 10.1. The lowest BCUT2D eigenvalue weighted by molar-refractivity contribution is 0.0964. The number of amides is 1. The maximum Gasteiger partial charge on any atom is 0.253 e. The molecular formula is C23H26N4O2. The number of carbonyl (C=O) groups is 1. The topological polar surface area (TPSA) is 68.2 Å². The summed E-state index contributed by atoms with van der Waals surface area (Å²) in [6, 6.07) is 14.4. The number of hydrogen-bond acceptors (Lipinski definition) is 4. The molecule has 3 aromatic rings. The molecule has 150 valence electrons. The maximum absolute atomic E-state index is 12.1. The Kier molecular flexibility index (Phi) is 4.22. The fourth-order valence-corrected chi connectivity index (χ4v) is 5.25. The predicted molar refractivity (Wildman–Crippen MR) is 113 cm³/mol. The Labute approximate surface area is 170 Å². The van der Waals surface area contributed by atoms with Crippen molar-refractivity contribution < 1.29 is 9.53 Å². The third kappa shape index (κ3) is 2.70. The van der Waals surface area contributed by atoms with Crippen molar-refractivity contribution in [3.05, 3.63) is 59.8 Å². The summed E-state index contributed by atoms with van der Waals surface area (Å²) in [6.45, 7) is 2.88.